The maximum atomic E-state index is 12.6. The Morgan fingerprint density at radius 3 is 2.54 bits per heavy atom. The van der Waals surface area contributed by atoms with Crippen molar-refractivity contribution in [3.63, 3.8) is 0 Å². The molecule has 1 aromatic carbocycles. The van der Waals surface area contributed by atoms with Gasteiger partial charge in [-0.1, -0.05) is 6.07 Å². The molecule has 0 N–H and O–H groups in total. The largest absolute Gasteiger partial charge is 0.490 e. The number of nitrogens with zero attached hydrogens (tertiary/aromatic N) is 3. The topological polar surface area (TPSA) is 85.5 Å². The molecule has 1 aliphatic rings. The lowest BCUT2D eigenvalue weighted by Gasteiger charge is -2.33. The molecule has 2 heterocycles. The van der Waals surface area contributed by atoms with Gasteiger partial charge < -0.3 is 14.2 Å². The van der Waals surface area contributed by atoms with E-state index in [1.54, 1.807) is 17.0 Å². The smallest absolute Gasteiger partial charge is 0.455 e. The minimum absolute atomic E-state index is 0.139. The van der Waals surface area contributed by atoms with Gasteiger partial charge in [0.1, 0.15) is 5.75 Å². The summed E-state index contributed by atoms with van der Waals surface area (Å²) in [5, 5.41) is 2.97. The van der Waals surface area contributed by atoms with Crippen molar-refractivity contribution < 1.29 is 30.8 Å². The molecule has 0 unspecified atom stereocenters. The summed E-state index contributed by atoms with van der Waals surface area (Å²) in [5.74, 6) is -0.667. The van der Waals surface area contributed by atoms with Crippen LogP contribution in [0.4, 0.5) is 19.2 Å². The number of hydrogen-bond acceptors (Lipinski definition) is 7. The molecule has 154 valence electrons. The minimum atomic E-state index is -4.64. The van der Waals surface area contributed by atoms with Crippen LogP contribution in [-0.4, -0.2) is 44.0 Å². The van der Waals surface area contributed by atoms with Gasteiger partial charge in [0.25, 0.3) is 5.82 Å². The van der Waals surface area contributed by atoms with Crippen molar-refractivity contribution in [3.8, 4) is 5.75 Å². The van der Waals surface area contributed by atoms with Crippen molar-refractivity contribution in [2.24, 2.45) is 5.92 Å². The van der Waals surface area contributed by atoms with Gasteiger partial charge in [-0.25, -0.2) is 8.42 Å². The van der Waals surface area contributed by atoms with E-state index in [0.717, 1.165) is 6.26 Å². The fourth-order valence-corrected chi connectivity index (χ4v) is 3.76. The van der Waals surface area contributed by atoms with Crippen molar-refractivity contribution in [1.82, 2.24) is 10.1 Å². The molecule has 1 atom stereocenters. The van der Waals surface area contributed by atoms with Gasteiger partial charge in [0.2, 0.25) is 0 Å². The van der Waals surface area contributed by atoms with Crippen LogP contribution in [0.5, 0.6) is 5.75 Å². The fraction of sp³-hybridized carbons (Fsp3) is 0.529. The average Bonchev–Trinajstić information content (AvgIpc) is 3.12. The van der Waals surface area contributed by atoms with E-state index in [1.165, 1.54) is 12.1 Å². The van der Waals surface area contributed by atoms with Crippen LogP contribution in [-0.2, 0) is 16.0 Å². The first kappa shape index (κ1) is 20.4. The molecule has 7 nitrogen and oxygen atoms in total. The number of aromatic nitrogens is 2. The van der Waals surface area contributed by atoms with E-state index < -0.39 is 21.8 Å². The number of sulfone groups is 1. The number of benzene rings is 1. The minimum Gasteiger partial charge on any atom is -0.490 e. The summed E-state index contributed by atoms with van der Waals surface area (Å²) in [7, 11) is -3.32. The van der Waals surface area contributed by atoms with Crippen molar-refractivity contribution in [2.75, 3.05) is 24.2 Å². The Morgan fingerprint density at radius 2 is 1.96 bits per heavy atom. The zero-order valence-corrected chi connectivity index (χ0v) is 16.1. The summed E-state index contributed by atoms with van der Waals surface area (Å²) in [6.07, 6.45) is -2.37. The van der Waals surface area contributed by atoms with Crippen LogP contribution < -0.4 is 9.64 Å². The van der Waals surface area contributed by atoms with Gasteiger partial charge in [-0.15, -0.1) is 0 Å². The molecule has 2 aromatic rings. The van der Waals surface area contributed by atoms with Crippen molar-refractivity contribution in [3.05, 3.63) is 30.1 Å². The molecule has 1 aromatic heterocycles. The molecule has 0 saturated carbocycles. The third-order valence-electron chi connectivity index (χ3n) is 4.70. The SMILES string of the molecule is C[C@@H](Oc1cccc(S(C)(=O)=O)c1)C1CCN(c2nc(C(F)(F)F)no2)CC1. The summed E-state index contributed by atoms with van der Waals surface area (Å²) >= 11 is 0. The third-order valence-corrected chi connectivity index (χ3v) is 5.81. The Labute approximate surface area is 160 Å². The highest BCUT2D eigenvalue weighted by Crippen LogP contribution is 2.31. The molecule has 0 spiro atoms. The van der Waals surface area contributed by atoms with Crippen LogP contribution in [0.15, 0.2) is 33.7 Å². The van der Waals surface area contributed by atoms with Gasteiger partial charge in [-0.2, -0.15) is 18.2 Å². The monoisotopic (exact) mass is 419 g/mol. The van der Waals surface area contributed by atoms with Crippen LogP contribution in [0.25, 0.3) is 0 Å². The zero-order valence-electron chi connectivity index (χ0n) is 15.3. The molecule has 0 amide bonds. The summed E-state index contributed by atoms with van der Waals surface area (Å²) < 4.78 is 71.7. The number of halogens is 3. The zero-order chi connectivity index (χ0) is 20.5. The van der Waals surface area contributed by atoms with Crippen molar-refractivity contribution >= 4 is 15.9 Å². The lowest BCUT2D eigenvalue weighted by atomic mass is 9.92. The second kappa shape index (κ2) is 7.61. The summed E-state index contributed by atoms with van der Waals surface area (Å²) in [5.41, 5.74) is 0. The molecular formula is C17H20F3N3O4S. The molecule has 28 heavy (non-hydrogen) atoms. The van der Waals surface area contributed by atoms with Gasteiger partial charge in [0, 0.05) is 19.3 Å². The number of ether oxygens (including phenoxy) is 1. The number of rotatable bonds is 5. The quantitative estimate of drug-likeness (QED) is 0.736. The number of alkyl halides is 3. The lowest BCUT2D eigenvalue weighted by molar-refractivity contribution is -0.146. The van der Waals surface area contributed by atoms with Crippen LogP contribution >= 0.6 is 0 Å². The normalized spacial score (nSPS) is 17.5. The van der Waals surface area contributed by atoms with E-state index in [9.17, 15) is 21.6 Å². The number of piperidine rings is 1. The number of hydrogen-bond donors (Lipinski definition) is 0. The average molecular weight is 419 g/mol. The first-order valence-electron chi connectivity index (χ1n) is 8.66. The Balaban J connectivity index is 1.58. The highest BCUT2D eigenvalue weighted by Gasteiger charge is 2.38. The van der Waals surface area contributed by atoms with E-state index in [1.807, 2.05) is 6.92 Å². The van der Waals surface area contributed by atoms with E-state index in [2.05, 4.69) is 10.1 Å². The van der Waals surface area contributed by atoms with Gasteiger partial charge >= 0.3 is 12.2 Å². The van der Waals surface area contributed by atoms with Crippen LogP contribution in [0.1, 0.15) is 25.6 Å². The first-order chi connectivity index (χ1) is 13.0. The van der Waals surface area contributed by atoms with Crippen molar-refractivity contribution in [1.29, 1.82) is 0 Å². The van der Waals surface area contributed by atoms with Gasteiger partial charge in [0.05, 0.1) is 11.0 Å². The van der Waals surface area contributed by atoms with Gasteiger partial charge in [-0.3, -0.25) is 0 Å². The maximum Gasteiger partial charge on any atom is 0.455 e. The Bertz CT molecular complexity index is 922. The molecule has 1 aliphatic heterocycles. The van der Waals surface area contributed by atoms with Crippen LogP contribution in [0.3, 0.4) is 0 Å². The summed E-state index contributed by atoms with van der Waals surface area (Å²) in [4.78, 5) is 5.22. The molecule has 0 radical (unpaired) electrons. The molecule has 0 bridgehead atoms. The fourth-order valence-electron chi connectivity index (χ4n) is 3.11. The van der Waals surface area contributed by atoms with E-state index in [0.29, 0.717) is 31.7 Å². The predicted octanol–water partition coefficient (Wildman–Crippen LogP) is 3.18. The van der Waals surface area contributed by atoms with E-state index in [4.69, 9.17) is 9.26 Å². The highest BCUT2D eigenvalue weighted by atomic mass is 32.2. The summed E-state index contributed by atoms with van der Waals surface area (Å²) in [6.45, 7) is 2.81. The second-order valence-electron chi connectivity index (χ2n) is 6.79. The summed E-state index contributed by atoms with van der Waals surface area (Å²) in [6, 6.07) is 6.16. The van der Waals surface area contributed by atoms with Crippen LogP contribution in [0, 0.1) is 5.92 Å². The molecule has 3 rings (SSSR count). The number of anilines is 1. The molecule has 1 saturated heterocycles. The van der Waals surface area contributed by atoms with Crippen LogP contribution in [0.2, 0.25) is 0 Å². The lowest BCUT2D eigenvalue weighted by Crippen LogP contribution is -2.38. The van der Waals surface area contributed by atoms with Gasteiger partial charge in [-0.05, 0) is 49.0 Å². The molecule has 1 fully saturated rings. The van der Waals surface area contributed by atoms with Crippen molar-refractivity contribution in [2.45, 2.75) is 36.9 Å². The standard InChI is InChI=1S/C17H20F3N3O4S/c1-11(26-13-4-3-5-14(10-13)28(2,24)25)12-6-8-23(9-7-12)16-21-15(22-27-16)17(18,19)20/h3-5,10-12H,6-9H2,1-2H3/t11-/m1/s1. The molecular weight excluding hydrogens is 399 g/mol. The Hall–Kier alpha value is -2.30. The molecule has 0 aliphatic carbocycles. The van der Waals surface area contributed by atoms with Gasteiger partial charge in [0.15, 0.2) is 9.84 Å². The van der Waals surface area contributed by atoms with E-state index >= 15 is 0 Å². The van der Waals surface area contributed by atoms with E-state index in [-0.39, 0.29) is 22.9 Å². The Kier molecular flexibility index (Phi) is 5.55. The second-order valence-corrected chi connectivity index (χ2v) is 8.81. The maximum absolute atomic E-state index is 12.6. The first-order valence-corrected chi connectivity index (χ1v) is 10.6. The highest BCUT2D eigenvalue weighted by molar-refractivity contribution is 7.90. The Morgan fingerprint density at radius 1 is 1.29 bits per heavy atom. The predicted molar refractivity (Wildman–Crippen MR) is 93.9 cm³/mol. The third kappa shape index (κ3) is 4.75. The molecule has 11 heteroatoms.